The smallest absolute Gasteiger partial charge is 0.0608 e. The first-order valence-electron chi connectivity index (χ1n) is 6.19. The Balaban J connectivity index is 2.17. The fourth-order valence-electron chi connectivity index (χ4n) is 2.01. The van der Waals surface area contributed by atoms with Crippen molar-refractivity contribution in [3.63, 3.8) is 0 Å². The topological polar surface area (TPSA) is 58.7 Å². The lowest BCUT2D eigenvalue weighted by atomic mass is 9.99. The molecule has 1 heterocycles. The SMILES string of the molecule is CN(CCC(C)(N)CO)CC1CCCOC1. The van der Waals surface area contributed by atoms with Crippen LogP contribution in [0.1, 0.15) is 26.2 Å². The van der Waals surface area contributed by atoms with Gasteiger partial charge in [0, 0.05) is 18.7 Å². The minimum atomic E-state index is -0.447. The van der Waals surface area contributed by atoms with Crippen LogP contribution in [0.15, 0.2) is 0 Å². The molecule has 0 aliphatic carbocycles. The molecule has 0 aromatic heterocycles. The summed E-state index contributed by atoms with van der Waals surface area (Å²) in [5.74, 6) is 0.664. The third-order valence-corrected chi connectivity index (χ3v) is 3.25. The molecule has 1 aliphatic rings. The van der Waals surface area contributed by atoms with Gasteiger partial charge in [-0.3, -0.25) is 0 Å². The molecule has 2 unspecified atom stereocenters. The van der Waals surface area contributed by atoms with Crippen LogP contribution in [0.25, 0.3) is 0 Å². The van der Waals surface area contributed by atoms with Gasteiger partial charge in [-0.05, 0) is 45.7 Å². The molecule has 0 aromatic carbocycles. The van der Waals surface area contributed by atoms with E-state index >= 15 is 0 Å². The van der Waals surface area contributed by atoms with Crippen molar-refractivity contribution in [2.24, 2.45) is 11.7 Å². The van der Waals surface area contributed by atoms with Gasteiger partial charge in [0.05, 0.1) is 13.2 Å². The second kappa shape index (κ2) is 6.55. The molecular formula is C12H26N2O2. The van der Waals surface area contributed by atoms with E-state index < -0.39 is 5.54 Å². The molecule has 0 radical (unpaired) electrons. The van der Waals surface area contributed by atoms with Crippen molar-refractivity contribution in [1.29, 1.82) is 0 Å². The standard InChI is InChI=1S/C12H26N2O2/c1-12(13,10-15)5-6-14(2)8-11-4-3-7-16-9-11/h11,15H,3-10,13H2,1-2H3. The van der Waals surface area contributed by atoms with Gasteiger partial charge >= 0.3 is 0 Å². The summed E-state index contributed by atoms with van der Waals surface area (Å²) in [5.41, 5.74) is 5.45. The zero-order valence-corrected chi connectivity index (χ0v) is 10.6. The van der Waals surface area contributed by atoms with Gasteiger partial charge in [-0.25, -0.2) is 0 Å². The lowest BCUT2D eigenvalue weighted by Gasteiger charge is -2.29. The molecule has 0 bridgehead atoms. The molecule has 0 aromatic rings. The van der Waals surface area contributed by atoms with Crippen LogP contribution in [0.2, 0.25) is 0 Å². The minimum Gasteiger partial charge on any atom is -0.394 e. The quantitative estimate of drug-likeness (QED) is 0.695. The second-order valence-corrected chi connectivity index (χ2v) is 5.41. The number of rotatable bonds is 6. The Kier molecular flexibility index (Phi) is 5.69. The third-order valence-electron chi connectivity index (χ3n) is 3.25. The van der Waals surface area contributed by atoms with Crippen molar-refractivity contribution in [3.8, 4) is 0 Å². The zero-order valence-electron chi connectivity index (χ0n) is 10.6. The number of nitrogens with zero attached hydrogens (tertiary/aromatic N) is 1. The number of aliphatic hydroxyl groups excluding tert-OH is 1. The lowest BCUT2D eigenvalue weighted by Crippen LogP contribution is -2.43. The molecule has 4 heteroatoms. The Hall–Kier alpha value is -0.160. The largest absolute Gasteiger partial charge is 0.394 e. The van der Waals surface area contributed by atoms with E-state index in [1.54, 1.807) is 0 Å². The van der Waals surface area contributed by atoms with E-state index in [2.05, 4.69) is 11.9 Å². The van der Waals surface area contributed by atoms with E-state index in [1.165, 1.54) is 12.8 Å². The van der Waals surface area contributed by atoms with Crippen LogP contribution in [-0.4, -0.2) is 55.5 Å². The summed E-state index contributed by atoms with van der Waals surface area (Å²) in [6.45, 7) is 5.76. The Morgan fingerprint density at radius 2 is 2.31 bits per heavy atom. The Morgan fingerprint density at radius 1 is 1.56 bits per heavy atom. The van der Waals surface area contributed by atoms with Crippen LogP contribution in [0, 0.1) is 5.92 Å². The van der Waals surface area contributed by atoms with Gasteiger partial charge in [0.2, 0.25) is 0 Å². The molecular weight excluding hydrogens is 204 g/mol. The highest BCUT2D eigenvalue weighted by atomic mass is 16.5. The van der Waals surface area contributed by atoms with Crippen LogP contribution in [0.5, 0.6) is 0 Å². The van der Waals surface area contributed by atoms with Crippen LogP contribution in [0.3, 0.4) is 0 Å². The van der Waals surface area contributed by atoms with E-state index in [4.69, 9.17) is 15.6 Å². The summed E-state index contributed by atoms with van der Waals surface area (Å²) in [6.07, 6.45) is 3.28. The normalized spacial score (nSPS) is 25.7. The van der Waals surface area contributed by atoms with Crippen molar-refractivity contribution in [3.05, 3.63) is 0 Å². The maximum Gasteiger partial charge on any atom is 0.0608 e. The van der Waals surface area contributed by atoms with Gasteiger partial charge in [-0.2, -0.15) is 0 Å². The van der Waals surface area contributed by atoms with E-state index in [1.807, 2.05) is 6.92 Å². The predicted octanol–water partition coefficient (Wildman–Crippen LogP) is 0.445. The highest BCUT2D eigenvalue weighted by Crippen LogP contribution is 2.15. The Labute approximate surface area is 98.8 Å². The summed E-state index contributed by atoms with van der Waals surface area (Å²) in [7, 11) is 2.11. The molecule has 0 amide bonds. The van der Waals surface area contributed by atoms with Gasteiger partial charge in [-0.15, -0.1) is 0 Å². The number of ether oxygens (including phenoxy) is 1. The molecule has 1 rings (SSSR count). The van der Waals surface area contributed by atoms with Gasteiger partial charge < -0.3 is 20.5 Å². The van der Waals surface area contributed by atoms with E-state index in [-0.39, 0.29) is 6.61 Å². The summed E-state index contributed by atoms with van der Waals surface area (Å²) in [5, 5.41) is 9.06. The Morgan fingerprint density at radius 3 is 2.88 bits per heavy atom. The molecule has 3 N–H and O–H groups in total. The van der Waals surface area contributed by atoms with E-state index in [0.717, 1.165) is 32.7 Å². The van der Waals surface area contributed by atoms with Crippen LogP contribution in [0.4, 0.5) is 0 Å². The number of nitrogens with two attached hydrogens (primary N) is 1. The van der Waals surface area contributed by atoms with Crippen molar-refractivity contribution >= 4 is 0 Å². The monoisotopic (exact) mass is 230 g/mol. The van der Waals surface area contributed by atoms with Gasteiger partial charge in [0.15, 0.2) is 0 Å². The first kappa shape index (κ1) is 13.9. The number of aliphatic hydroxyl groups is 1. The second-order valence-electron chi connectivity index (χ2n) is 5.41. The van der Waals surface area contributed by atoms with Gasteiger partial charge in [0.1, 0.15) is 0 Å². The number of hydrogen-bond acceptors (Lipinski definition) is 4. The molecule has 0 saturated carbocycles. The summed E-state index contributed by atoms with van der Waals surface area (Å²) in [4.78, 5) is 2.29. The molecule has 1 aliphatic heterocycles. The zero-order chi connectivity index (χ0) is 12.0. The van der Waals surface area contributed by atoms with Crippen LogP contribution >= 0.6 is 0 Å². The van der Waals surface area contributed by atoms with Crippen LogP contribution in [-0.2, 0) is 4.74 Å². The molecule has 96 valence electrons. The van der Waals surface area contributed by atoms with E-state index in [9.17, 15) is 0 Å². The Bertz CT molecular complexity index is 191. The van der Waals surface area contributed by atoms with Crippen molar-refractivity contribution in [2.75, 3.05) is 40.0 Å². The average molecular weight is 230 g/mol. The maximum atomic E-state index is 9.06. The van der Waals surface area contributed by atoms with Crippen LogP contribution < -0.4 is 5.73 Å². The highest BCUT2D eigenvalue weighted by molar-refractivity contribution is 4.79. The fourth-order valence-corrected chi connectivity index (χ4v) is 2.01. The fraction of sp³-hybridized carbons (Fsp3) is 1.00. The molecule has 16 heavy (non-hydrogen) atoms. The minimum absolute atomic E-state index is 0.0490. The molecule has 2 atom stereocenters. The molecule has 1 fully saturated rings. The third kappa shape index (κ3) is 5.25. The van der Waals surface area contributed by atoms with Crippen molar-refractivity contribution < 1.29 is 9.84 Å². The maximum absolute atomic E-state index is 9.06. The summed E-state index contributed by atoms with van der Waals surface area (Å²) in [6, 6.07) is 0. The van der Waals surface area contributed by atoms with Gasteiger partial charge in [0.25, 0.3) is 0 Å². The van der Waals surface area contributed by atoms with Gasteiger partial charge in [-0.1, -0.05) is 0 Å². The van der Waals surface area contributed by atoms with Crippen molar-refractivity contribution in [2.45, 2.75) is 31.7 Å². The first-order valence-corrected chi connectivity index (χ1v) is 6.19. The summed E-state index contributed by atoms with van der Waals surface area (Å²) >= 11 is 0. The summed E-state index contributed by atoms with van der Waals surface area (Å²) < 4.78 is 5.46. The number of hydrogen-bond donors (Lipinski definition) is 2. The molecule has 1 saturated heterocycles. The van der Waals surface area contributed by atoms with E-state index in [0.29, 0.717) is 5.92 Å². The first-order chi connectivity index (χ1) is 7.53. The van der Waals surface area contributed by atoms with Crippen molar-refractivity contribution in [1.82, 2.24) is 4.90 Å². The predicted molar refractivity (Wildman–Crippen MR) is 65.3 cm³/mol. The highest BCUT2D eigenvalue weighted by Gasteiger charge is 2.19. The molecule has 0 spiro atoms. The lowest BCUT2D eigenvalue weighted by molar-refractivity contribution is 0.0408. The molecule has 4 nitrogen and oxygen atoms in total. The average Bonchev–Trinajstić information content (AvgIpc) is 2.28.